The normalized spacial score (nSPS) is 17.5. The number of hydroxylamine groups is 1. The van der Waals surface area contributed by atoms with Crippen LogP contribution in [0.1, 0.15) is 38.2 Å². The standard InChI is InChI=1S/C26H37N5O5S.2ClH/c1-3-4-19-36-23-8-6-22(7-9-23)29-15-17-31(18-16-29)37(34,35)26(25(32)28-33)11-13-30(14-12-26)24-10-5-21(2)20-27-24;;/h5-10,20,33H,3-4,11-19H2,1-2H3,(H,28,32);2*1H. The molecule has 2 N–H and O–H groups in total. The monoisotopic (exact) mass is 603 g/mol. The van der Waals surface area contributed by atoms with Crippen molar-refractivity contribution in [2.75, 3.05) is 55.7 Å². The van der Waals surface area contributed by atoms with Gasteiger partial charge in [-0.25, -0.2) is 18.9 Å². The topological polar surface area (TPSA) is 115 Å². The largest absolute Gasteiger partial charge is 0.494 e. The number of pyridine rings is 1. The lowest BCUT2D eigenvalue weighted by Gasteiger charge is -2.44. The number of amides is 1. The molecule has 39 heavy (non-hydrogen) atoms. The van der Waals surface area contributed by atoms with E-state index in [0.717, 1.165) is 35.7 Å². The Labute approximate surface area is 243 Å². The molecule has 4 rings (SSSR count). The molecule has 0 unspecified atom stereocenters. The molecule has 10 nitrogen and oxygen atoms in total. The number of ether oxygens (including phenoxy) is 1. The summed E-state index contributed by atoms with van der Waals surface area (Å²) < 4.78 is 33.1. The zero-order valence-corrected chi connectivity index (χ0v) is 24.9. The second kappa shape index (κ2) is 14.4. The fraction of sp³-hybridized carbons (Fsp3) is 0.538. The summed E-state index contributed by atoms with van der Waals surface area (Å²) in [5.41, 5.74) is 3.68. The van der Waals surface area contributed by atoms with Gasteiger partial charge in [0.1, 0.15) is 11.6 Å². The van der Waals surface area contributed by atoms with Crippen molar-refractivity contribution in [2.24, 2.45) is 0 Å². The summed E-state index contributed by atoms with van der Waals surface area (Å²) in [6, 6.07) is 11.7. The third kappa shape index (κ3) is 7.07. The molecule has 1 aromatic heterocycles. The number of unbranched alkanes of at least 4 members (excludes halogenated alkanes) is 1. The Balaban J connectivity index is 0.00000267. The van der Waals surface area contributed by atoms with E-state index in [1.807, 2.05) is 48.2 Å². The van der Waals surface area contributed by atoms with Crippen LogP contribution in [0.3, 0.4) is 0 Å². The SMILES string of the molecule is CCCCOc1ccc(N2CCN(S(=O)(=O)C3(C(=O)NO)CCN(c4ccc(C)cn4)CC3)CC2)cc1.Cl.Cl. The van der Waals surface area contributed by atoms with Crippen LogP contribution < -0.4 is 20.0 Å². The van der Waals surface area contributed by atoms with Gasteiger partial charge in [0.05, 0.1) is 6.61 Å². The fourth-order valence-electron chi connectivity index (χ4n) is 4.97. The molecule has 2 aliphatic heterocycles. The number of sulfonamides is 1. The number of halogens is 2. The van der Waals surface area contributed by atoms with E-state index < -0.39 is 20.7 Å². The van der Waals surface area contributed by atoms with Gasteiger partial charge in [0.15, 0.2) is 4.75 Å². The molecule has 2 aromatic rings. The first kappa shape index (κ1) is 32.9. The van der Waals surface area contributed by atoms with Crippen molar-refractivity contribution in [2.45, 2.75) is 44.3 Å². The van der Waals surface area contributed by atoms with Crippen LogP contribution in [0, 0.1) is 6.92 Å². The van der Waals surface area contributed by atoms with Gasteiger partial charge in [-0.1, -0.05) is 19.4 Å². The number of carbonyl (C=O) groups is 1. The second-order valence-corrected chi connectivity index (χ2v) is 12.0. The van der Waals surface area contributed by atoms with Gasteiger partial charge in [-0.3, -0.25) is 10.0 Å². The van der Waals surface area contributed by atoms with Crippen molar-refractivity contribution >= 4 is 52.2 Å². The van der Waals surface area contributed by atoms with Crippen molar-refractivity contribution < 1.29 is 23.2 Å². The molecule has 0 atom stereocenters. The third-order valence-electron chi connectivity index (χ3n) is 7.35. The van der Waals surface area contributed by atoms with Crippen molar-refractivity contribution in [3.8, 4) is 5.75 Å². The van der Waals surface area contributed by atoms with Crippen molar-refractivity contribution in [1.82, 2.24) is 14.8 Å². The van der Waals surface area contributed by atoms with Crippen LogP contribution in [0.4, 0.5) is 11.5 Å². The number of nitrogens with one attached hydrogen (secondary N) is 1. The van der Waals surface area contributed by atoms with E-state index in [9.17, 15) is 18.4 Å². The van der Waals surface area contributed by atoms with Gasteiger partial charge in [0, 0.05) is 51.2 Å². The number of rotatable bonds is 9. The van der Waals surface area contributed by atoms with E-state index >= 15 is 0 Å². The van der Waals surface area contributed by atoms with Gasteiger partial charge in [0.25, 0.3) is 5.91 Å². The molecule has 1 aromatic carbocycles. The van der Waals surface area contributed by atoms with Crippen LogP contribution in [0.25, 0.3) is 0 Å². The zero-order valence-electron chi connectivity index (χ0n) is 22.4. The van der Waals surface area contributed by atoms with E-state index in [0.29, 0.717) is 32.8 Å². The summed E-state index contributed by atoms with van der Waals surface area (Å²) in [6.45, 7) is 6.99. The molecule has 0 bridgehead atoms. The van der Waals surface area contributed by atoms with Crippen molar-refractivity contribution in [3.63, 3.8) is 0 Å². The first-order chi connectivity index (χ1) is 17.8. The zero-order chi connectivity index (χ0) is 26.5. The van der Waals surface area contributed by atoms with Gasteiger partial charge < -0.3 is 14.5 Å². The van der Waals surface area contributed by atoms with Gasteiger partial charge in [-0.2, -0.15) is 4.31 Å². The summed E-state index contributed by atoms with van der Waals surface area (Å²) in [5.74, 6) is 0.698. The average molecular weight is 605 g/mol. The molecule has 218 valence electrons. The number of nitrogens with zero attached hydrogens (tertiary/aromatic N) is 4. The number of hydrogen-bond acceptors (Lipinski definition) is 8. The van der Waals surface area contributed by atoms with Crippen LogP contribution in [0.15, 0.2) is 42.6 Å². The minimum absolute atomic E-state index is 0. The maximum absolute atomic E-state index is 13.8. The van der Waals surface area contributed by atoms with Crippen LogP contribution in [0.5, 0.6) is 5.75 Å². The molecule has 2 saturated heterocycles. The van der Waals surface area contributed by atoms with Gasteiger partial charge >= 0.3 is 0 Å². The molecular formula is C26H39Cl2N5O5S. The van der Waals surface area contributed by atoms with E-state index in [1.54, 1.807) is 11.7 Å². The quantitative estimate of drug-likeness (QED) is 0.254. The average Bonchev–Trinajstić information content (AvgIpc) is 2.93. The highest BCUT2D eigenvalue weighted by molar-refractivity contribution is 7.91. The summed E-state index contributed by atoms with van der Waals surface area (Å²) in [4.78, 5) is 21.4. The fourth-order valence-corrected chi connectivity index (χ4v) is 7.09. The van der Waals surface area contributed by atoms with Crippen LogP contribution in [0.2, 0.25) is 0 Å². The molecule has 2 aliphatic rings. The van der Waals surface area contributed by atoms with Crippen LogP contribution in [-0.2, 0) is 14.8 Å². The molecule has 0 radical (unpaired) electrons. The molecule has 0 aliphatic carbocycles. The van der Waals surface area contributed by atoms with E-state index in [-0.39, 0.29) is 50.7 Å². The maximum Gasteiger partial charge on any atom is 0.266 e. The lowest BCUT2D eigenvalue weighted by molar-refractivity contribution is -0.132. The summed E-state index contributed by atoms with van der Waals surface area (Å²) >= 11 is 0. The number of aromatic nitrogens is 1. The Morgan fingerprint density at radius 1 is 1.00 bits per heavy atom. The number of piperidine rings is 1. The Hall–Kier alpha value is -2.31. The second-order valence-electron chi connectivity index (χ2n) is 9.70. The van der Waals surface area contributed by atoms with Crippen LogP contribution >= 0.6 is 24.8 Å². The molecule has 1 amide bonds. The number of anilines is 2. The van der Waals surface area contributed by atoms with E-state index in [1.165, 1.54) is 4.31 Å². The van der Waals surface area contributed by atoms with Crippen molar-refractivity contribution in [1.29, 1.82) is 0 Å². The van der Waals surface area contributed by atoms with Gasteiger partial charge in [0.2, 0.25) is 10.0 Å². The molecule has 0 spiro atoms. The van der Waals surface area contributed by atoms with E-state index in [4.69, 9.17) is 4.74 Å². The maximum atomic E-state index is 13.8. The lowest BCUT2D eigenvalue weighted by atomic mass is 9.95. The Bertz CT molecular complexity index is 1150. The Morgan fingerprint density at radius 3 is 2.18 bits per heavy atom. The highest BCUT2D eigenvalue weighted by atomic mass is 35.5. The molecule has 3 heterocycles. The molecule has 2 fully saturated rings. The predicted octanol–water partition coefficient (Wildman–Crippen LogP) is 3.41. The highest BCUT2D eigenvalue weighted by Gasteiger charge is 2.55. The smallest absolute Gasteiger partial charge is 0.266 e. The van der Waals surface area contributed by atoms with Gasteiger partial charge in [-0.15, -0.1) is 24.8 Å². The first-order valence-corrected chi connectivity index (χ1v) is 14.3. The Kier molecular flexibility index (Phi) is 12.1. The number of carbonyl (C=O) groups excluding carboxylic acids is 1. The number of aryl methyl sites for hydroxylation is 1. The first-order valence-electron chi connectivity index (χ1n) is 12.9. The molecule has 0 saturated carbocycles. The number of piperazine rings is 1. The lowest BCUT2D eigenvalue weighted by Crippen LogP contribution is -2.63. The van der Waals surface area contributed by atoms with E-state index in [2.05, 4.69) is 16.8 Å². The van der Waals surface area contributed by atoms with Crippen LogP contribution in [-0.4, -0.2) is 79.4 Å². The number of benzene rings is 1. The predicted molar refractivity (Wildman–Crippen MR) is 157 cm³/mol. The van der Waals surface area contributed by atoms with Gasteiger partial charge in [-0.05, 0) is 62.1 Å². The summed E-state index contributed by atoms with van der Waals surface area (Å²) in [5, 5.41) is 9.48. The number of hydrogen-bond donors (Lipinski definition) is 2. The summed E-state index contributed by atoms with van der Waals surface area (Å²) in [6.07, 6.45) is 3.98. The Morgan fingerprint density at radius 2 is 1.64 bits per heavy atom. The third-order valence-corrected chi connectivity index (χ3v) is 9.97. The molecule has 13 heteroatoms. The molecular weight excluding hydrogens is 565 g/mol. The summed E-state index contributed by atoms with van der Waals surface area (Å²) in [7, 11) is -4.03. The highest BCUT2D eigenvalue weighted by Crippen LogP contribution is 2.36. The van der Waals surface area contributed by atoms with Crippen molar-refractivity contribution in [3.05, 3.63) is 48.2 Å². The minimum atomic E-state index is -4.03. The minimum Gasteiger partial charge on any atom is -0.494 e.